The van der Waals surface area contributed by atoms with Crippen molar-refractivity contribution in [2.24, 2.45) is 0 Å². The van der Waals surface area contributed by atoms with Crippen molar-refractivity contribution in [3.8, 4) is 0 Å². The molecule has 1 unspecified atom stereocenters. The van der Waals surface area contributed by atoms with E-state index in [2.05, 4.69) is 15.7 Å². The van der Waals surface area contributed by atoms with Crippen molar-refractivity contribution in [3.63, 3.8) is 0 Å². The first-order valence-electron chi connectivity index (χ1n) is 6.13. The molecule has 0 saturated carbocycles. The molecule has 102 valence electrons. The van der Waals surface area contributed by atoms with Crippen LogP contribution in [0.25, 0.3) is 0 Å². The van der Waals surface area contributed by atoms with Gasteiger partial charge < -0.3 is 14.8 Å². The van der Waals surface area contributed by atoms with E-state index in [1.807, 2.05) is 29.1 Å². The summed E-state index contributed by atoms with van der Waals surface area (Å²) in [6.07, 6.45) is 5.37. The average molecular weight is 278 g/mol. The molecule has 2 rings (SSSR count). The summed E-state index contributed by atoms with van der Waals surface area (Å²) in [5.41, 5.74) is 1.16. The molecule has 5 nitrogen and oxygen atoms in total. The fourth-order valence-corrected chi connectivity index (χ4v) is 2.47. The highest BCUT2D eigenvalue weighted by Crippen LogP contribution is 2.08. The van der Waals surface area contributed by atoms with Gasteiger partial charge in [0.15, 0.2) is 0 Å². The number of hydrogen-bond acceptors (Lipinski definition) is 3. The van der Waals surface area contributed by atoms with E-state index < -0.39 is 0 Å². The van der Waals surface area contributed by atoms with Crippen LogP contribution in [0.2, 0.25) is 0 Å². The van der Waals surface area contributed by atoms with Crippen LogP contribution in [0.1, 0.15) is 12.5 Å². The smallest absolute Gasteiger partial charge is 0.317 e. The minimum Gasteiger partial charge on any atom is -0.335 e. The molecule has 0 aromatic carbocycles. The molecule has 1 N–H and O–H groups in total. The molecule has 2 aromatic heterocycles. The van der Waals surface area contributed by atoms with Crippen LogP contribution in [-0.4, -0.2) is 33.6 Å². The van der Waals surface area contributed by atoms with Crippen LogP contribution in [0.4, 0.5) is 4.79 Å². The molecule has 6 heteroatoms. The summed E-state index contributed by atoms with van der Waals surface area (Å²) >= 11 is 1.64. The van der Waals surface area contributed by atoms with Crippen molar-refractivity contribution < 1.29 is 4.79 Å². The molecule has 2 aromatic rings. The molecular formula is C13H18N4OS. The lowest BCUT2D eigenvalue weighted by molar-refractivity contribution is 0.202. The normalized spacial score (nSPS) is 12.1. The second kappa shape index (κ2) is 6.38. The Balaban J connectivity index is 1.79. The molecular weight excluding hydrogens is 260 g/mol. The Morgan fingerprint density at radius 1 is 1.63 bits per heavy atom. The molecule has 0 fully saturated rings. The van der Waals surface area contributed by atoms with Crippen LogP contribution < -0.4 is 5.32 Å². The number of amides is 2. The minimum absolute atomic E-state index is 0.0567. The Kier molecular flexibility index (Phi) is 4.57. The van der Waals surface area contributed by atoms with Crippen molar-refractivity contribution in [1.82, 2.24) is 19.8 Å². The van der Waals surface area contributed by atoms with Crippen LogP contribution >= 0.6 is 11.3 Å². The Morgan fingerprint density at radius 3 is 3.11 bits per heavy atom. The quantitative estimate of drug-likeness (QED) is 0.911. The van der Waals surface area contributed by atoms with E-state index in [1.54, 1.807) is 35.8 Å². The SMILES string of the molecule is CC(Cn1ccnc1)NC(=O)N(C)Cc1ccsc1. The van der Waals surface area contributed by atoms with Gasteiger partial charge in [0.1, 0.15) is 0 Å². The fraction of sp³-hybridized carbons (Fsp3) is 0.385. The lowest BCUT2D eigenvalue weighted by Gasteiger charge is -2.21. The number of hydrogen-bond donors (Lipinski definition) is 1. The monoisotopic (exact) mass is 278 g/mol. The second-order valence-electron chi connectivity index (χ2n) is 4.60. The average Bonchev–Trinajstić information content (AvgIpc) is 3.01. The number of rotatable bonds is 5. The summed E-state index contributed by atoms with van der Waals surface area (Å²) in [5.74, 6) is 0. The Bertz CT molecular complexity index is 495. The number of urea groups is 1. The van der Waals surface area contributed by atoms with Crippen molar-refractivity contribution in [1.29, 1.82) is 0 Å². The molecule has 19 heavy (non-hydrogen) atoms. The van der Waals surface area contributed by atoms with Crippen molar-refractivity contribution >= 4 is 17.4 Å². The number of carbonyl (C=O) groups is 1. The topological polar surface area (TPSA) is 50.2 Å². The minimum atomic E-state index is -0.0567. The first kappa shape index (κ1) is 13.6. The highest BCUT2D eigenvalue weighted by atomic mass is 32.1. The predicted octanol–water partition coefficient (Wildman–Crippen LogP) is 2.17. The van der Waals surface area contributed by atoms with E-state index in [0.29, 0.717) is 6.54 Å². The van der Waals surface area contributed by atoms with E-state index in [-0.39, 0.29) is 12.1 Å². The summed E-state index contributed by atoms with van der Waals surface area (Å²) in [6, 6.07) is 2.04. The lowest BCUT2D eigenvalue weighted by Crippen LogP contribution is -2.43. The molecule has 0 aliphatic carbocycles. The zero-order chi connectivity index (χ0) is 13.7. The van der Waals surface area contributed by atoms with Gasteiger partial charge in [-0.1, -0.05) is 0 Å². The van der Waals surface area contributed by atoms with Gasteiger partial charge in [-0.05, 0) is 29.3 Å². The first-order chi connectivity index (χ1) is 9.15. The molecule has 0 aliphatic rings. The number of nitrogens with zero attached hydrogens (tertiary/aromatic N) is 3. The van der Waals surface area contributed by atoms with Gasteiger partial charge in [0.2, 0.25) is 0 Å². The van der Waals surface area contributed by atoms with E-state index >= 15 is 0 Å². The Hall–Kier alpha value is -1.82. The summed E-state index contributed by atoms with van der Waals surface area (Å²) in [4.78, 5) is 17.7. The van der Waals surface area contributed by atoms with Crippen LogP contribution in [0.3, 0.4) is 0 Å². The maximum absolute atomic E-state index is 12.0. The maximum Gasteiger partial charge on any atom is 0.317 e. The van der Waals surface area contributed by atoms with Gasteiger partial charge in [0.05, 0.1) is 6.33 Å². The summed E-state index contributed by atoms with van der Waals surface area (Å²) in [7, 11) is 1.80. The van der Waals surface area contributed by atoms with E-state index in [1.165, 1.54) is 0 Å². The Morgan fingerprint density at radius 2 is 2.47 bits per heavy atom. The third-order valence-corrected chi connectivity index (χ3v) is 3.49. The summed E-state index contributed by atoms with van der Waals surface area (Å²) in [5, 5.41) is 7.04. The largest absolute Gasteiger partial charge is 0.335 e. The highest BCUT2D eigenvalue weighted by molar-refractivity contribution is 7.07. The zero-order valence-electron chi connectivity index (χ0n) is 11.1. The van der Waals surface area contributed by atoms with E-state index in [0.717, 1.165) is 12.1 Å². The van der Waals surface area contributed by atoms with Gasteiger partial charge in [0.25, 0.3) is 0 Å². The van der Waals surface area contributed by atoms with Gasteiger partial charge in [-0.3, -0.25) is 0 Å². The van der Waals surface area contributed by atoms with Gasteiger partial charge in [-0.15, -0.1) is 0 Å². The van der Waals surface area contributed by atoms with E-state index in [9.17, 15) is 4.79 Å². The number of carbonyl (C=O) groups excluding carboxylic acids is 1. The van der Waals surface area contributed by atoms with Crippen molar-refractivity contribution in [3.05, 3.63) is 41.1 Å². The van der Waals surface area contributed by atoms with Gasteiger partial charge >= 0.3 is 6.03 Å². The number of thiophene rings is 1. The van der Waals surface area contributed by atoms with Crippen LogP contribution in [0.5, 0.6) is 0 Å². The second-order valence-corrected chi connectivity index (χ2v) is 5.38. The van der Waals surface area contributed by atoms with Gasteiger partial charge in [0, 0.05) is 38.6 Å². The predicted molar refractivity (Wildman–Crippen MR) is 76.0 cm³/mol. The molecule has 1 atom stereocenters. The number of nitrogens with one attached hydrogen (secondary N) is 1. The van der Waals surface area contributed by atoms with Crippen LogP contribution in [0.15, 0.2) is 35.5 Å². The highest BCUT2D eigenvalue weighted by Gasteiger charge is 2.12. The van der Waals surface area contributed by atoms with Gasteiger partial charge in [-0.2, -0.15) is 11.3 Å². The van der Waals surface area contributed by atoms with Crippen LogP contribution in [-0.2, 0) is 13.1 Å². The molecule has 0 aliphatic heterocycles. The molecule has 0 radical (unpaired) electrons. The molecule has 0 saturated heterocycles. The summed E-state index contributed by atoms with van der Waals surface area (Å²) in [6.45, 7) is 3.33. The maximum atomic E-state index is 12.0. The Labute approximate surface area is 116 Å². The van der Waals surface area contributed by atoms with Gasteiger partial charge in [-0.25, -0.2) is 9.78 Å². The van der Waals surface area contributed by atoms with Crippen molar-refractivity contribution in [2.45, 2.75) is 26.1 Å². The third kappa shape index (κ3) is 4.10. The van der Waals surface area contributed by atoms with E-state index in [4.69, 9.17) is 0 Å². The first-order valence-corrected chi connectivity index (χ1v) is 7.08. The number of imidazole rings is 1. The molecule has 0 spiro atoms. The van der Waals surface area contributed by atoms with Crippen LogP contribution in [0, 0.1) is 0 Å². The standard InChI is InChI=1S/C13H18N4OS/c1-11(7-17-5-4-14-10-17)15-13(18)16(2)8-12-3-6-19-9-12/h3-6,9-11H,7-8H2,1-2H3,(H,15,18). The third-order valence-electron chi connectivity index (χ3n) is 2.76. The molecule has 2 amide bonds. The number of aromatic nitrogens is 2. The molecule has 2 heterocycles. The fourth-order valence-electron chi connectivity index (χ4n) is 1.81. The van der Waals surface area contributed by atoms with Crippen molar-refractivity contribution in [2.75, 3.05) is 7.05 Å². The molecule has 0 bridgehead atoms. The zero-order valence-corrected chi connectivity index (χ0v) is 11.9. The lowest BCUT2D eigenvalue weighted by atomic mass is 10.3. The summed E-state index contributed by atoms with van der Waals surface area (Å²) < 4.78 is 1.95.